The standard InChI is InChI=1S/C15H19N3O3/c1-2-12(7-9-19)17-15(20)18-13-5-3-11(4-6-13)14-16-8-10-21-14/h3-6,8,10,12,19H,2,7,9H2,1H3,(H2,17,18,20). The molecule has 1 aromatic heterocycles. The molecule has 0 spiro atoms. The minimum Gasteiger partial charge on any atom is -0.445 e. The molecule has 21 heavy (non-hydrogen) atoms. The summed E-state index contributed by atoms with van der Waals surface area (Å²) in [4.78, 5) is 15.9. The average molecular weight is 289 g/mol. The van der Waals surface area contributed by atoms with E-state index in [1.807, 2.05) is 19.1 Å². The maximum atomic E-state index is 11.8. The molecule has 2 rings (SSSR count). The van der Waals surface area contributed by atoms with Crippen LogP contribution in [-0.2, 0) is 0 Å². The maximum absolute atomic E-state index is 11.8. The minimum atomic E-state index is -0.279. The molecule has 6 nitrogen and oxygen atoms in total. The van der Waals surface area contributed by atoms with Crippen molar-refractivity contribution in [2.75, 3.05) is 11.9 Å². The van der Waals surface area contributed by atoms with Crippen LogP contribution in [0.15, 0.2) is 41.1 Å². The second-order valence-electron chi connectivity index (χ2n) is 4.63. The molecular formula is C15H19N3O3. The topological polar surface area (TPSA) is 87.4 Å². The predicted molar refractivity (Wildman–Crippen MR) is 79.9 cm³/mol. The van der Waals surface area contributed by atoms with E-state index < -0.39 is 0 Å². The highest BCUT2D eigenvalue weighted by molar-refractivity contribution is 5.89. The summed E-state index contributed by atoms with van der Waals surface area (Å²) in [7, 11) is 0. The van der Waals surface area contributed by atoms with E-state index in [1.54, 1.807) is 18.3 Å². The lowest BCUT2D eigenvalue weighted by Gasteiger charge is -2.16. The van der Waals surface area contributed by atoms with E-state index in [-0.39, 0.29) is 18.7 Å². The van der Waals surface area contributed by atoms with Gasteiger partial charge in [-0.05, 0) is 37.1 Å². The molecule has 1 unspecified atom stereocenters. The van der Waals surface area contributed by atoms with E-state index in [9.17, 15) is 4.79 Å². The van der Waals surface area contributed by atoms with E-state index in [0.29, 0.717) is 18.0 Å². The van der Waals surface area contributed by atoms with Gasteiger partial charge in [0.25, 0.3) is 0 Å². The summed E-state index contributed by atoms with van der Waals surface area (Å²) in [5, 5.41) is 14.5. The predicted octanol–water partition coefficient (Wildman–Crippen LogP) is 2.62. The monoisotopic (exact) mass is 289 g/mol. The summed E-state index contributed by atoms with van der Waals surface area (Å²) in [5.41, 5.74) is 1.53. The van der Waals surface area contributed by atoms with Crippen molar-refractivity contribution in [1.29, 1.82) is 0 Å². The van der Waals surface area contributed by atoms with Gasteiger partial charge in [0, 0.05) is 23.9 Å². The van der Waals surface area contributed by atoms with Gasteiger partial charge in [-0.15, -0.1) is 0 Å². The number of aliphatic hydroxyl groups excluding tert-OH is 1. The second kappa shape index (κ2) is 7.44. The molecule has 3 N–H and O–H groups in total. The van der Waals surface area contributed by atoms with Gasteiger partial charge in [0.2, 0.25) is 5.89 Å². The first-order valence-corrected chi connectivity index (χ1v) is 6.91. The molecule has 6 heteroatoms. The van der Waals surface area contributed by atoms with Crippen LogP contribution in [0.4, 0.5) is 10.5 Å². The fourth-order valence-electron chi connectivity index (χ4n) is 1.95. The number of hydrogen-bond donors (Lipinski definition) is 3. The first-order chi connectivity index (χ1) is 10.2. The Balaban J connectivity index is 1.92. The second-order valence-corrected chi connectivity index (χ2v) is 4.63. The molecule has 0 aliphatic heterocycles. The SMILES string of the molecule is CCC(CCO)NC(=O)Nc1ccc(-c2ncco2)cc1. The van der Waals surface area contributed by atoms with Crippen LogP contribution in [0.25, 0.3) is 11.5 Å². The van der Waals surface area contributed by atoms with Gasteiger partial charge >= 0.3 is 6.03 Å². The van der Waals surface area contributed by atoms with Crippen LogP contribution in [0, 0.1) is 0 Å². The van der Waals surface area contributed by atoms with Gasteiger partial charge in [-0.25, -0.2) is 9.78 Å². The zero-order valence-corrected chi connectivity index (χ0v) is 11.9. The van der Waals surface area contributed by atoms with Crippen molar-refractivity contribution >= 4 is 11.7 Å². The van der Waals surface area contributed by atoms with E-state index in [4.69, 9.17) is 9.52 Å². The summed E-state index contributed by atoms with van der Waals surface area (Å²) < 4.78 is 5.20. The lowest BCUT2D eigenvalue weighted by molar-refractivity contribution is 0.237. The van der Waals surface area contributed by atoms with Gasteiger partial charge < -0.3 is 20.2 Å². The Morgan fingerprint density at radius 3 is 2.71 bits per heavy atom. The number of aliphatic hydroxyl groups is 1. The van der Waals surface area contributed by atoms with Gasteiger partial charge in [-0.3, -0.25) is 0 Å². The summed E-state index contributed by atoms with van der Waals surface area (Å²) in [5.74, 6) is 0.542. The first-order valence-electron chi connectivity index (χ1n) is 6.91. The highest BCUT2D eigenvalue weighted by atomic mass is 16.3. The molecule has 0 aliphatic carbocycles. The molecule has 1 heterocycles. The van der Waals surface area contributed by atoms with E-state index in [2.05, 4.69) is 15.6 Å². The van der Waals surface area contributed by atoms with Crippen LogP contribution in [-0.4, -0.2) is 28.8 Å². The van der Waals surface area contributed by atoms with Gasteiger partial charge in [0.1, 0.15) is 6.26 Å². The van der Waals surface area contributed by atoms with Crippen LogP contribution in [0.2, 0.25) is 0 Å². The Bertz CT molecular complexity index is 552. The molecule has 1 atom stereocenters. The Morgan fingerprint density at radius 1 is 1.38 bits per heavy atom. The third-order valence-corrected chi connectivity index (χ3v) is 3.13. The van der Waals surface area contributed by atoms with E-state index in [0.717, 1.165) is 12.0 Å². The molecule has 112 valence electrons. The van der Waals surface area contributed by atoms with Gasteiger partial charge in [-0.1, -0.05) is 6.92 Å². The van der Waals surface area contributed by atoms with Gasteiger partial charge in [0.15, 0.2) is 0 Å². The lowest BCUT2D eigenvalue weighted by atomic mass is 10.1. The Hall–Kier alpha value is -2.34. The number of amides is 2. The number of hydrogen-bond acceptors (Lipinski definition) is 4. The number of rotatable bonds is 6. The number of urea groups is 1. The number of anilines is 1. The van der Waals surface area contributed by atoms with Crippen LogP contribution in [0.1, 0.15) is 19.8 Å². The molecule has 0 saturated heterocycles. The molecule has 0 aliphatic rings. The fourth-order valence-corrected chi connectivity index (χ4v) is 1.95. The number of aromatic nitrogens is 1. The highest BCUT2D eigenvalue weighted by Crippen LogP contribution is 2.19. The van der Waals surface area contributed by atoms with Crippen molar-refractivity contribution < 1.29 is 14.3 Å². The van der Waals surface area contributed by atoms with E-state index >= 15 is 0 Å². The third-order valence-electron chi connectivity index (χ3n) is 3.13. The molecule has 0 bridgehead atoms. The minimum absolute atomic E-state index is 0.0263. The Labute approximate surface area is 123 Å². The summed E-state index contributed by atoms with van der Waals surface area (Å²) in [6, 6.07) is 6.91. The zero-order valence-electron chi connectivity index (χ0n) is 11.9. The van der Waals surface area contributed by atoms with Crippen molar-refractivity contribution in [1.82, 2.24) is 10.3 Å². The lowest BCUT2D eigenvalue weighted by Crippen LogP contribution is -2.38. The molecule has 1 aromatic carbocycles. The highest BCUT2D eigenvalue weighted by Gasteiger charge is 2.10. The average Bonchev–Trinajstić information content (AvgIpc) is 3.01. The number of oxazole rings is 1. The number of carbonyl (C=O) groups excluding carboxylic acids is 1. The largest absolute Gasteiger partial charge is 0.445 e. The van der Waals surface area contributed by atoms with Crippen molar-refractivity contribution in [3.8, 4) is 11.5 Å². The third kappa shape index (κ3) is 4.32. The van der Waals surface area contributed by atoms with Crippen LogP contribution in [0.3, 0.4) is 0 Å². The van der Waals surface area contributed by atoms with Gasteiger partial charge in [-0.2, -0.15) is 0 Å². The summed E-state index contributed by atoms with van der Waals surface area (Å²) in [6.07, 6.45) is 4.42. The Kier molecular flexibility index (Phi) is 5.34. The normalized spacial score (nSPS) is 11.9. The molecule has 0 fully saturated rings. The number of nitrogens with one attached hydrogen (secondary N) is 2. The van der Waals surface area contributed by atoms with Crippen molar-refractivity contribution in [2.24, 2.45) is 0 Å². The van der Waals surface area contributed by atoms with Crippen LogP contribution >= 0.6 is 0 Å². The quantitative estimate of drug-likeness (QED) is 0.763. The number of carbonyl (C=O) groups is 1. The molecule has 2 aromatic rings. The molecule has 0 radical (unpaired) electrons. The van der Waals surface area contributed by atoms with Gasteiger partial charge in [0.05, 0.1) is 6.20 Å². The van der Waals surface area contributed by atoms with Crippen molar-refractivity contribution in [3.63, 3.8) is 0 Å². The molecular weight excluding hydrogens is 270 g/mol. The summed E-state index contributed by atoms with van der Waals surface area (Å²) in [6.45, 7) is 2.02. The van der Waals surface area contributed by atoms with E-state index in [1.165, 1.54) is 6.26 Å². The molecule has 0 saturated carbocycles. The van der Waals surface area contributed by atoms with Crippen molar-refractivity contribution in [3.05, 3.63) is 36.7 Å². The number of nitrogens with zero attached hydrogens (tertiary/aromatic N) is 1. The first kappa shape index (κ1) is 15.1. The maximum Gasteiger partial charge on any atom is 0.319 e. The van der Waals surface area contributed by atoms with Crippen molar-refractivity contribution in [2.45, 2.75) is 25.8 Å². The smallest absolute Gasteiger partial charge is 0.319 e. The fraction of sp³-hybridized carbons (Fsp3) is 0.333. The molecule has 2 amide bonds. The zero-order chi connectivity index (χ0) is 15.1. The van der Waals surface area contributed by atoms with Crippen LogP contribution in [0.5, 0.6) is 0 Å². The summed E-state index contributed by atoms with van der Waals surface area (Å²) >= 11 is 0. The Morgan fingerprint density at radius 2 is 2.14 bits per heavy atom. The van der Waals surface area contributed by atoms with Crippen LogP contribution < -0.4 is 10.6 Å². The number of benzene rings is 1.